The van der Waals surface area contributed by atoms with Crippen molar-refractivity contribution >= 4 is 6.09 Å². The van der Waals surface area contributed by atoms with Gasteiger partial charge in [-0.15, -0.1) is 0 Å². The van der Waals surface area contributed by atoms with Crippen LogP contribution < -0.4 is 5.73 Å². The number of hydrogen-bond donors (Lipinski definition) is 2. The molecule has 0 aliphatic heterocycles. The number of nitrogens with two attached hydrogens (primary N) is 1. The molecule has 130 valence electrons. The van der Waals surface area contributed by atoms with Crippen molar-refractivity contribution in [3.8, 4) is 11.3 Å². The number of imidazole rings is 1. The molecule has 0 fully saturated rings. The Labute approximate surface area is 141 Å². The highest BCUT2D eigenvalue weighted by molar-refractivity contribution is 5.68. The smallest absolute Gasteiger partial charge is 0.405 e. The van der Waals surface area contributed by atoms with Crippen LogP contribution in [-0.2, 0) is 11.3 Å². The lowest BCUT2D eigenvalue weighted by Crippen LogP contribution is -2.19. The monoisotopic (exact) mass is 332 g/mol. The number of nitrogens with zero attached hydrogens (tertiary/aromatic N) is 3. The van der Waals surface area contributed by atoms with Gasteiger partial charge in [-0.05, 0) is 31.9 Å². The van der Waals surface area contributed by atoms with Crippen LogP contribution >= 0.6 is 0 Å². The van der Waals surface area contributed by atoms with Crippen LogP contribution in [0.3, 0.4) is 0 Å². The Morgan fingerprint density at radius 2 is 2.12 bits per heavy atom. The third-order valence-corrected chi connectivity index (χ3v) is 3.84. The second kappa shape index (κ2) is 7.44. The fourth-order valence-corrected chi connectivity index (χ4v) is 2.88. The molecule has 0 saturated carbocycles. The van der Waals surface area contributed by atoms with E-state index in [-0.39, 0.29) is 12.5 Å². The van der Waals surface area contributed by atoms with Crippen molar-refractivity contribution in [2.45, 2.75) is 46.3 Å². The summed E-state index contributed by atoms with van der Waals surface area (Å²) >= 11 is 0. The zero-order valence-corrected chi connectivity index (χ0v) is 14.5. The maximum absolute atomic E-state index is 11.2. The number of pyridine rings is 1. The van der Waals surface area contributed by atoms with Gasteiger partial charge in [0, 0.05) is 18.3 Å². The van der Waals surface area contributed by atoms with Gasteiger partial charge in [0.05, 0.1) is 23.7 Å². The molecular weight excluding hydrogens is 308 g/mol. The number of amides is 1. The molecule has 2 rings (SSSR count). The minimum atomic E-state index is -0.849. The normalized spacial score (nSPS) is 12.4. The van der Waals surface area contributed by atoms with Crippen molar-refractivity contribution in [1.29, 1.82) is 0 Å². The molecule has 7 nitrogen and oxygen atoms in total. The molecule has 2 aromatic heterocycles. The molecule has 24 heavy (non-hydrogen) atoms. The maximum Gasteiger partial charge on any atom is 0.405 e. The highest BCUT2D eigenvalue weighted by atomic mass is 16.6. The summed E-state index contributed by atoms with van der Waals surface area (Å²) in [6, 6.07) is 3.80. The van der Waals surface area contributed by atoms with E-state index < -0.39 is 12.2 Å². The molecule has 0 radical (unpaired) electrons. The molecule has 0 spiro atoms. The van der Waals surface area contributed by atoms with Gasteiger partial charge in [-0.3, -0.25) is 4.98 Å². The molecule has 1 unspecified atom stereocenters. The van der Waals surface area contributed by atoms with Crippen molar-refractivity contribution < 1.29 is 14.6 Å². The first-order valence-electron chi connectivity index (χ1n) is 7.96. The van der Waals surface area contributed by atoms with Gasteiger partial charge in [-0.25, -0.2) is 9.78 Å². The van der Waals surface area contributed by atoms with Crippen molar-refractivity contribution in [1.82, 2.24) is 14.5 Å². The minimum absolute atomic E-state index is 0.0446. The molecule has 0 bridgehead atoms. The average Bonchev–Trinajstić information content (AvgIpc) is 2.84. The van der Waals surface area contributed by atoms with Crippen molar-refractivity contribution in [3.05, 3.63) is 35.5 Å². The van der Waals surface area contributed by atoms with Crippen molar-refractivity contribution in [2.75, 3.05) is 6.61 Å². The van der Waals surface area contributed by atoms with Crippen molar-refractivity contribution in [3.63, 3.8) is 0 Å². The first kappa shape index (κ1) is 17.9. The van der Waals surface area contributed by atoms with Crippen LogP contribution in [0.5, 0.6) is 0 Å². The molecule has 2 heterocycles. The lowest BCUT2D eigenvalue weighted by molar-refractivity contribution is 0.112. The highest BCUT2D eigenvalue weighted by Gasteiger charge is 2.25. The summed E-state index contributed by atoms with van der Waals surface area (Å²) < 4.78 is 7.02. The van der Waals surface area contributed by atoms with E-state index in [0.717, 1.165) is 17.1 Å². The Morgan fingerprint density at radius 1 is 1.42 bits per heavy atom. The second-order valence-corrected chi connectivity index (χ2v) is 5.94. The minimum Gasteiger partial charge on any atom is -0.440 e. The number of carbonyl (C=O) groups excluding carboxylic acids is 1. The van der Waals surface area contributed by atoms with Crippen LogP contribution in [0.15, 0.2) is 18.3 Å². The molecule has 3 N–H and O–H groups in total. The van der Waals surface area contributed by atoms with Crippen LogP contribution in [-0.4, -0.2) is 32.3 Å². The van der Waals surface area contributed by atoms with E-state index in [1.807, 2.05) is 23.6 Å². The molecular formula is C17H24N4O3. The number of aliphatic hydroxyl groups is 1. The lowest BCUT2D eigenvalue weighted by atomic mass is 9.99. The number of aliphatic hydroxyl groups excluding tert-OH is 1. The van der Waals surface area contributed by atoms with Crippen LogP contribution in [0.25, 0.3) is 11.3 Å². The van der Waals surface area contributed by atoms with Gasteiger partial charge < -0.3 is 20.1 Å². The lowest BCUT2D eigenvalue weighted by Gasteiger charge is -2.18. The summed E-state index contributed by atoms with van der Waals surface area (Å²) in [6.45, 7) is 8.03. The van der Waals surface area contributed by atoms with Crippen LogP contribution in [0.2, 0.25) is 0 Å². The standard InChI is InChI=1S/C17H24N4O3/c1-10(2)14-13(6-5-7-19-14)15-16(11(3)24-17(18)23)21(8-9-22)12(4)20-15/h5-7,10-11,22H,8-9H2,1-4H3,(H2,18,23). The number of primary amides is 1. The van der Waals surface area contributed by atoms with Crippen molar-refractivity contribution in [2.24, 2.45) is 5.73 Å². The molecule has 0 aromatic carbocycles. The summed E-state index contributed by atoms with van der Waals surface area (Å²) in [5, 5.41) is 9.36. The van der Waals surface area contributed by atoms with Crippen LogP contribution in [0, 0.1) is 6.92 Å². The van der Waals surface area contributed by atoms with E-state index in [1.165, 1.54) is 0 Å². The summed E-state index contributed by atoms with van der Waals surface area (Å²) in [4.78, 5) is 20.3. The Kier molecular flexibility index (Phi) is 5.56. The summed E-state index contributed by atoms with van der Waals surface area (Å²) in [6.07, 6.45) is 0.308. The summed E-state index contributed by atoms with van der Waals surface area (Å²) in [5.74, 6) is 0.942. The topological polar surface area (TPSA) is 103 Å². The number of aryl methyl sites for hydroxylation is 1. The predicted molar refractivity (Wildman–Crippen MR) is 90.5 cm³/mol. The van der Waals surface area contributed by atoms with E-state index in [4.69, 9.17) is 10.5 Å². The molecule has 0 saturated heterocycles. The zero-order chi connectivity index (χ0) is 17.9. The molecule has 0 aliphatic rings. The summed E-state index contributed by atoms with van der Waals surface area (Å²) in [7, 11) is 0. The third-order valence-electron chi connectivity index (χ3n) is 3.84. The Bertz CT molecular complexity index is 725. The second-order valence-electron chi connectivity index (χ2n) is 5.94. The largest absolute Gasteiger partial charge is 0.440 e. The fraction of sp³-hybridized carbons (Fsp3) is 0.471. The molecule has 1 amide bonds. The number of hydrogen-bond acceptors (Lipinski definition) is 5. The molecule has 0 aliphatic carbocycles. The Morgan fingerprint density at radius 3 is 2.71 bits per heavy atom. The van der Waals surface area contributed by atoms with Crippen LogP contribution in [0.1, 0.15) is 50.0 Å². The first-order chi connectivity index (χ1) is 11.4. The highest BCUT2D eigenvalue weighted by Crippen LogP contribution is 2.34. The number of carbonyl (C=O) groups is 1. The number of rotatable bonds is 6. The molecule has 7 heteroatoms. The van der Waals surface area contributed by atoms with E-state index >= 15 is 0 Å². The molecule has 1 atom stereocenters. The van der Waals surface area contributed by atoms with E-state index in [2.05, 4.69) is 23.8 Å². The average molecular weight is 332 g/mol. The van der Waals surface area contributed by atoms with Gasteiger partial charge in [0.2, 0.25) is 0 Å². The SMILES string of the molecule is Cc1nc(-c2cccnc2C(C)C)c(C(C)OC(N)=O)n1CCO. The quantitative estimate of drug-likeness (QED) is 0.846. The zero-order valence-electron chi connectivity index (χ0n) is 14.5. The van der Waals surface area contributed by atoms with Gasteiger partial charge >= 0.3 is 6.09 Å². The van der Waals surface area contributed by atoms with E-state index in [0.29, 0.717) is 17.9 Å². The van der Waals surface area contributed by atoms with Gasteiger partial charge in [0.15, 0.2) is 0 Å². The van der Waals surface area contributed by atoms with Gasteiger partial charge in [-0.2, -0.15) is 0 Å². The Hall–Kier alpha value is -2.41. The van der Waals surface area contributed by atoms with Gasteiger partial charge in [0.25, 0.3) is 0 Å². The number of aromatic nitrogens is 3. The van der Waals surface area contributed by atoms with Gasteiger partial charge in [0.1, 0.15) is 11.9 Å². The summed E-state index contributed by atoms with van der Waals surface area (Å²) in [5.41, 5.74) is 8.39. The van der Waals surface area contributed by atoms with E-state index in [1.54, 1.807) is 13.1 Å². The predicted octanol–water partition coefficient (Wildman–Crippen LogP) is 2.53. The van der Waals surface area contributed by atoms with E-state index in [9.17, 15) is 9.90 Å². The fourth-order valence-electron chi connectivity index (χ4n) is 2.88. The van der Waals surface area contributed by atoms with Crippen LogP contribution in [0.4, 0.5) is 4.79 Å². The maximum atomic E-state index is 11.2. The number of ether oxygens (including phenoxy) is 1. The van der Waals surface area contributed by atoms with Gasteiger partial charge in [-0.1, -0.05) is 13.8 Å². The molecule has 2 aromatic rings. The first-order valence-corrected chi connectivity index (χ1v) is 7.96. The Balaban J connectivity index is 2.66. The third kappa shape index (κ3) is 3.56.